The molecule has 2 atom stereocenters. The third-order valence-electron chi connectivity index (χ3n) is 4.38. The number of carbonyl (C=O) groups excluding carboxylic acids is 1. The fourth-order valence-corrected chi connectivity index (χ4v) is 3.17. The zero-order valence-electron chi connectivity index (χ0n) is 13.0. The fraction of sp³-hybridized carbons (Fsp3) is 0.588. The van der Waals surface area contributed by atoms with Crippen molar-refractivity contribution in [3.63, 3.8) is 0 Å². The number of nitrogen functional groups attached to an aromatic ring is 1. The highest BCUT2D eigenvalue weighted by Gasteiger charge is 2.18. The second kappa shape index (κ2) is 7.34. The first-order valence-corrected chi connectivity index (χ1v) is 7.82. The second-order valence-corrected chi connectivity index (χ2v) is 6.14. The van der Waals surface area contributed by atoms with Crippen LogP contribution in [0.5, 0.6) is 5.75 Å². The molecule has 0 spiro atoms. The van der Waals surface area contributed by atoms with Crippen LogP contribution in [0.4, 0.5) is 5.69 Å². The number of nitrogens with two attached hydrogens (primary N) is 1. The van der Waals surface area contributed by atoms with E-state index in [0.29, 0.717) is 17.0 Å². The Balaban J connectivity index is 1.81. The van der Waals surface area contributed by atoms with Crippen molar-refractivity contribution in [2.45, 2.75) is 39.0 Å². The summed E-state index contributed by atoms with van der Waals surface area (Å²) in [5.74, 6) is 2.08. The predicted octanol–water partition coefficient (Wildman–Crippen LogP) is 3.22. The number of amides is 1. The van der Waals surface area contributed by atoms with Crippen LogP contribution < -0.4 is 15.8 Å². The largest absolute Gasteiger partial charge is 0.495 e. The Morgan fingerprint density at radius 3 is 2.95 bits per heavy atom. The van der Waals surface area contributed by atoms with Crippen LogP contribution in [0.25, 0.3) is 0 Å². The fourth-order valence-electron chi connectivity index (χ4n) is 3.17. The number of nitrogens with one attached hydrogen (secondary N) is 1. The van der Waals surface area contributed by atoms with Gasteiger partial charge in [0, 0.05) is 12.1 Å². The number of ether oxygens (including phenoxy) is 1. The Morgan fingerprint density at radius 2 is 2.24 bits per heavy atom. The van der Waals surface area contributed by atoms with Gasteiger partial charge in [0.2, 0.25) is 0 Å². The smallest absolute Gasteiger partial charge is 0.251 e. The van der Waals surface area contributed by atoms with Gasteiger partial charge in [-0.25, -0.2) is 0 Å². The zero-order valence-corrected chi connectivity index (χ0v) is 13.0. The van der Waals surface area contributed by atoms with Gasteiger partial charge in [-0.05, 0) is 42.9 Å². The monoisotopic (exact) mass is 290 g/mol. The number of anilines is 1. The van der Waals surface area contributed by atoms with Crippen molar-refractivity contribution in [1.29, 1.82) is 0 Å². The Kier molecular flexibility index (Phi) is 5.48. The van der Waals surface area contributed by atoms with Crippen LogP contribution >= 0.6 is 0 Å². The molecule has 4 heteroatoms. The van der Waals surface area contributed by atoms with E-state index in [-0.39, 0.29) is 5.91 Å². The van der Waals surface area contributed by atoms with Crippen LogP contribution in [0.3, 0.4) is 0 Å². The van der Waals surface area contributed by atoms with Crippen molar-refractivity contribution in [3.8, 4) is 5.75 Å². The minimum atomic E-state index is -0.0582. The molecule has 1 amide bonds. The number of carbonyl (C=O) groups is 1. The van der Waals surface area contributed by atoms with Gasteiger partial charge in [-0.15, -0.1) is 0 Å². The van der Waals surface area contributed by atoms with Crippen LogP contribution in [-0.4, -0.2) is 19.6 Å². The van der Waals surface area contributed by atoms with E-state index in [4.69, 9.17) is 10.5 Å². The van der Waals surface area contributed by atoms with Gasteiger partial charge in [-0.3, -0.25) is 4.79 Å². The highest BCUT2D eigenvalue weighted by Crippen LogP contribution is 2.30. The molecule has 1 aromatic rings. The molecule has 0 saturated heterocycles. The van der Waals surface area contributed by atoms with Crippen LogP contribution in [0, 0.1) is 11.8 Å². The van der Waals surface area contributed by atoms with Gasteiger partial charge in [0.15, 0.2) is 0 Å². The summed E-state index contributed by atoms with van der Waals surface area (Å²) in [4.78, 5) is 12.1. The van der Waals surface area contributed by atoms with Gasteiger partial charge in [0.05, 0.1) is 12.8 Å². The third kappa shape index (κ3) is 4.38. The lowest BCUT2D eigenvalue weighted by Gasteiger charge is -2.26. The van der Waals surface area contributed by atoms with Crippen LogP contribution in [0.15, 0.2) is 18.2 Å². The highest BCUT2D eigenvalue weighted by molar-refractivity contribution is 5.95. The van der Waals surface area contributed by atoms with E-state index in [1.165, 1.54) is 25.7 Å². The molecule has 0 aliphatic heterocycles. The van der Waals surface area contributed by atoms with E-state index in [1.807, 2.05) is 0 Å². The Hall–Kier alpha value is -1.71. The maximum atomic E-state index is 12.1. The summed E-state index contributed by atoms with van der Waals surface area (Å²) >= 11 is 0. The molecule has 4 nitrogen and oxygen atoms in total. The van der Waals surface area contributed by atoms with E-state index in [1.54, 1.807) is 25.3 Å². The van der Waals surface area contributed by atoms with E-state index < -0.39 is 0 Å². The average Bonchev–Trinajstić information content (AvgIpc) is 2.47. The van der Waals surface area contributed by atoms with Crippen molar-refractivity contribution in [2.24, 2.45) is 11.8 Å². The lowest BCUT2D eigenvalue weighted by Crippen LogP contribution is -2.27. The zero-order chi connectivity index (χ0) is 15.2. The summed E-state index contributed by atoms with van der Waals surface area (Å²) in [5, 5.41) is 3.00. The number of benzene rings is 1. The molecule has 0 aromatic heterocycles. The average molecular weight is 290 g/mol. The van der Waals surface area contributed by atoms with Crippen molar-refractivity contribution in [1.82, 2.24) is 5.32 Å². The summed E-state index contributed by atoms with van der Waals surface area (Å²) in [6, 6.07) is 5.12. The summed E-state index contributed by atoms with van der Waals surface area (Å²) < 4.78 is 5.14. The summed E-state index contributed by atoms with van der Waals surface area (Å²) in [7, 11) is 1.55. The standard InChI is InChI=1S/C17H26N2O2/c1-12-4-3-5-13(10-12)8-9-19-17(20)14-6-7-15(18)16(11-14)21-2/h6-7,11-13H,3-5,8-10,18H2,1-2H3,(H,19,20). The number of hydrogen-bond acceptors (Lipinski definition) is 3. The molecule has 0 radical (unpaired) electrons. The van der Waals surface area contributed by atoms with Crippen LogP contribution in [0.1, 0.15) is 49.4 Å². The Labute approximate surface area is 127 Å². The maximum absolute atomic E-state index is 12.1. The number of rotatable bonds is 5. The molecule has 3 N–H and O–H groups in total. The molecule has 1 fully saturated rings. The van der Waals surface area contributed by atoms with Crippen molar-refractivity contribution in [2.75, 3.05) is 19.4 Å². The normalized spacial score (nSPS) is 21.8. The third-order valence-corrected chi connectivity index (χ3v) is 4.38. The van der Waals surface area contributed by atoms with E-state index in [0.717, 1.165) is 24.8 Å². The molecule has 2 unspecified atom stereocenters. The van der Waals surface area contributed by atoms with Crippen molar-refractivity contribution < 1.29 is 9.53 Å². The molecular weight excluding hydrogens is 264 g/mol. The molecule has 0 heterocycles. The van der Waals surface area contributed by atoms with Gasteiger partial charge >= 0.3 is 0 Å². The lowest BCUT2D eigenvalue weighted by molar-refractivity contribution is 0.0949. The van der Waals surface area contributed by atoms with Gasteiger partial charge in [-0.1, -0.05) is 26.2 Å². The van der Waals surface area contributed by atoms with Gasteiger partial charge in [0.1, 0.15) is 5.75 Å². The van der Waals surface area contributed by atoms with E-state index in [9.17, 15) is 4.79 Å². The first-order chi connectivity index (χ1) is 10.1. The molecule has 1 saturated carbocycles. The Morgan fingerprint density at radius 1 is 1.43 bits per heavy atom. The number of hydrogen-bond donors (Lipinski definition) is 2. The first kappa shape index (κ1) is 15.7. The molecule has 0 bridgehead atoms. The van der Waals surface area contributed by atoms with Gasteiger partial charge in [0.25, 0.3) is 5.91 Å². The van der Waals surface area contributed by atoms with E-state index in [2.05, 4.69) is 12.2 Å². The summed E-state index contributed by atoms with van der Waals surface area (Å²) in [5.41, 5.74) is 6.90. The summed E-state index contributed by atoms with van der Waals surface area (Å²) in [6.07, 6.45) is 6.35. The topological polar surface area (TPSA) is 64.3 Å². The van der Waals surface area contributed by atoms with Gasteiger partial charge < -0.3 is 15.8 Å². The van der Waals surface area contributed by atoms with Gasteiger partial charge in [-0.2, -0.15) is 0 Å². The summed E-state index contributed by atoms with van der Waals surface area (Å²) in [6.45, 7) is 3.06. The SMILES string of the molecule is COc1cc(C(=O)NCCC2CCCC(C)C2)ccc1N. The maximum Gasteiger partial charge on any atom is 0.251 e. The minimum Gasteiger partial charge on any atom is -0.495 e. The first-order valence-electron chi connectivity index (χ1n) is 7.82. The quantitative estimate of drug-likeness (QED) is 0.818. The molecule has 116 valence electrons. The molecular formula is C17H26N2O2. The molecule has 2 rings (SSSR count). The minimum absolute atomic E-state index is 0.0582. The van der Waals surface area contributed by atoms with Crippen molar-refractivity contribution >= 4 is 11.6 Å². The highest BCUT2D eigenvalue weighted by atomic mass is 16.5. The number of methoxy groups -OCH3 is 1. The van der Waals surface area contributed by atoms with Crippen molar-refractivity contribution in [3.05, 3.63) is 23.8 Å². The molecule has 21 heavy (non-hydrogen) atoms. The van der Waals surface area contributed by atoms with Crippen LogP contribution in [-0.2, 0) is 0 Å². The lowest BCUT2D eigenvalue weighted by atomic mass is 9.81. The molecule has 1 aliphatic carbocycles. The molecule has 1 aliphatic rings. The molecule has 1 aromatic carbocycles. The predicted molar refractivity (Wildman–Crippen MR) is 85.5 cm³/mol. The van der Waals surface area contributed by atoms with E-state index >= 15 is 0 Å². The second-order valence-electron chi connectivity index (χ2n) is 6.14. The van der Waals surface area contributed by atoms with Crippen LogP contribution in [0.2, 0.25) is 0 Å². The Bertz CT molecular complexity index is 488.